The highest BCUT2D eigenvalue weighted by atomic mass is 35.5. The van der Waals surface area contributed by atoms with Gasteiger partial charge in [0.05, 0.1) is 24.8 Å². The molecule has 1 aromatic rings. The third kappa shape index (κ3) is 2.03. The second-order valence-corrected chi connectivity index (χ2v) is 2.99. The number of carbonyl (C=O) groups excluding carboxylic acids is 1. The van der Waals surface area contributed by atoms with Gasteiger partial charge < -0.3 is 9.47 Å². The Labute approximate surface area is 92.0 Å². The van der Waals surface area contributed by atoms with Crippen LogP contribution in [0.25, 0.3) is 0 Å². The summed E-state index contributed by atoms with van der Waals surface area (Å²) in [5.74, 6) is -0.347. The Hall–Kier alpha value is -1.73. The van der Waals surface area contributed by atoms with Crippen molar-refractivity contribution in [2.75, 3.05) is 14.2 Å². The summed E-state index contributed by atoms with van der Waals surface area (Å²) in [6, 6.07) is 4.85. The fourth-order valence-corrected chi connectivity index (χ4v) is 1.38. The van der Waals surface area contributed by atoms with E-state index in [0.29, 0.717) is 0 Å². The zero-order valence-electron chi connectivity index (χ0n) is 8.20. The second-order valence-electron chi connectivity index (χ2n) is 2.61. The van der Waals surface area contributed by atoms with Crippen molar-refractivity contribution < 1.29 is 14.3 Å². The smallest absolute Gasteiger partial charge is 0.343 e. The molecule has 0 N–H and O–H groups in total. The van der Waals surface area contributed by atoms with Gasteiger partial charge in [0.1, 0.15) is 17.4 Å². The molecule has 0 fully saturated rings. The number of methoxy groups -OCH3 is 2. The number of esters is 1. The molecule has 0 aliphatic carbocycles. The van der Waals surface area contributed by atoms with Gasteiger partial charge in [-0.1, -0.05) is 11.6 Å². The van der Waals surface area contributed by atoms with Crippen LogP contribution in [0.1, 0.15) is 15.9 Å². The van der Waals surface area contributed by atoms with E-state index in [4.69, 9.17) is 21.6 Å². The van der Waals surface area contributed by atoms with Crippen molar-refractivity contribution in [3.63, 3.8) is 0 Å². The number of carbonyl (C=O) groups is 1. The van der Waals surface area contributed by atoms with Crippen LogP contribution < -0.4 is 4.74 Å². The Bertz CT molecular complexity index is 437. The predicted octanol–water partition coefficient (Wildman–Crippen LogP) is 2.01. The SMILES string of the molecule is COC(=O)c1c(OC)ccc(C#N)c1Cl. The summed E-state index contributed by atoms with van der Waals surface area (Å²) in [5.41, 5.74) is 0.276. The summed E-state index contributed by atoms with van der Waals surface area (Å²) in [7, 11) is 2.64. The van der Waals surface area contributed by atoms with Gasteiger partial charge in [-0.2, -0.15) is 5.26 Å². The van der Waals surface area contributed by atoms with Crippen molar-refractivity contribution >= 4 is 17.6 Å². The minimum atomic E-state index is -0.631. The fraction of sp³-hybridized carbons (Fsp3) is 0.200. The second kappa shape index (κ2) is 4.67. The fourth-order valence-electron chi connectivity index (χ4n) is 1.11. The van der Waals surface area contributed by atoms with Gasteiger partial charge in [0.2, 0.25) is 0 Å². The molecule has 0 atom stereocenters. The molecular formula is C10H8ClNO3. The molecule has 78 valence electrons. The van der Waals surface area contributed by atoms with E-state index in [0.717, 1.165) is 0 Å². The topological polar surface area (TPSA) is 59.3 Å². The van der Waals surface area contributed by atoms with Gasteiger partial charge in [-0.25, -0.2) is 4.79 Å². The van der Waals surface area contributed by atoms with Crippen molar-refractivity contribution in [1.29, 1.82) is 5.26 Å². The molecule has 4 nitrogen and oxygen atoms in total. The van der Waals surface area contributed by atoms with Gasteiger partial charge in [0.15, 0.2) is 0 Å². The summed E-state index contributed by atoms with van der Waals surface area (Å²) >= 11 is 5.86. The summed E-state index contributed by atoms with van der Waals surface area (Å²) in [4.78, 5) is 11.4. The summed E-state index contributed by atoms with van der Waals surface area (Å²) in [5, 5.41) is 8.78. The van der Waals surface area contributed by atoms with Crippen LogP contribution in [0, 0.1) is 11.3 Å². The average Bonchev–Trinajstić information content (AvgIpc) is 2.27. The zero-order chi connectivity index (χ0) is 11.4. The predicted molar refractivity (Wildman–Crippen MR) is 54.1 cm³/mol. The molecule has 0 aliphatic rings. The van der Waals surface area contributed by atoms with Crippen LogP contribution in [0.2, 0.25) is 5.02 Å². The normalized spacial score (nSPS) is 9.20. The minimum Gasteiger partial charge on any atom is -0.496 e. The number of rotatable bonds is 2. The molecule has 15 heavy (non-hydrogen) atoms. The third-order valence-corrected chi connectivity index (χ3v) is 2.23. The lowest BCUT2D eigenvalue weighted by atomic mass is 10.1. The van der Waals surface area contributed by atoms with E-state index in [1.807, 2.05) is 6.07 Å². The lowest BCUT2D eigenvalue weighted by Crippen LogP contribution is -2.06. The van der Waals surface area contributed by atoms with Crippen molar-refractivity contribution in [1.82, 2.24) is 0 Å². The van der Waals surface area contributed by atoms with Gasteiger partial charge in [-0.15, -0.1) is 0 Å². The Morgan fingerprint density at radius 1 is 1.47 bits per heavy atom. The largest absolute Gasteiger partial charge is 0.496 e. The zero-order valence-corrected chi connectivity index (χ0v) is 8.96. The molecule has 0 spiro atoms. The number of ether oxygens (including phenoxy) is 2. The molecule has 0 aromatic heterocycles. The van der Waals surface area contributed by atoms with Crippen molar-refractivity contribution in [3.8, 4) is 11.8 Å². The Morgan fingerprint density at radius 2 is 2.13 bits per heavy atom. The van der Waals surface area contributed by atoms with Crippen LogP contribution in [0.5, 0.6) is 5.75 Å². The highest BCUT2D eigenvalue weighted by molar-refractivity contribution is 6.35. The molecule has 0 amide bonds. The van der Waals surface area contributed by atoms with Crippen LogP contribution in [-0.4, -0.2) is 20.2 Å². The first kappa shape index (κ1) is 11.3. The van der Waals surface area contributed by atoms with E-state index >= 15 is 0 Å². The molecule has 0 bridgehead atoms. The van der Waals surface area contributed by atoms with Crippen molar-refractivity contribution in [3.05, 3.63) is 28.3 Å². The van der Waals surface area contributed by atoms with Gasteiger partial charge in [-0.05, 0) is 12.1 Å². The number of nitriles is 1. The Balaban J connectivity index is 3.44. The monoisotopic (exact) mass is 225 g/mol. The molecule has 0 saturated heterocycles. The van der Waals surface area contributed by atoms with E-state index in [2.05, 4.69) is 4.74 Å². The maximum atomic E-state index is 11.4. The van der Waals surface area contributed by atoms with Gasteiger partial charge in [0.25, 0.3) is 0 Å². The summed E-state index contributed by atoms with van der Waals surface area (Å²) in [6.07, 6.45) is 0. The average molecular weight is 226 g/mol. The maximum absolute atomic E-state index is 11.4. The van der Waals surface area contributed by atoms with Gasteiger partial charge in [0, 0.05) is 0 Å². The summed E-state index contributed by atoms with van der Waals surface area (Å²) in [6.45, 7) is 0. The van der Waals surface area contributed by atoms with Crippen molar-refractivity contribution in [2.24, 2.45) is 0 Å². The number of nitrogens with zero attached hydrogens (tertiary/aromatic N) is 1. The number of hydrogen-bond acceptors (Lipinski definition) is 4. The molecule has 5 heteroatoms. The standard InChI is InChI=1S/C10H8ClNO3/c1-14-7-4-3-6(5-12)9(11)8(7)10(13)15-2/h3-4H,1-2H3. The summed E-state index contributed by atoms with van der Waals surface area (Å²) < 4.78 is 9.50. The van der Waals surface area contributed by atoms with E-state index in [1.54, 1.807) is 0 Å². The van der Waals surface area contributed by atoms with Crippen LogP contribution in [-0.2, 0) is 4.74 Å². The van der Waals surface area contributed by atoms with Crippen LogP contribution in [0.15, 0.2) is 12.1 Å². The minimum absolute atomic E-state index is 0.0451. The van der Waals surface area contributed by atoms with Gasteiger partial charge in [-0.3, -0.25) is 0 Å². The Morgan fingerprint density at radius 3 is 2.60 bits per heavy atom. The highest BCUT2D eigenvalue weighted by Gasteiger charge is 2.19. The molecule has 0 saturated carbocycles. The quantitative estimate of drug-likeness (QED) is 0.723. The van der Waals surface area contributed by atoms with Gasteiger partial charge >= 0.3 is 5.97 Å². The number of hydrogen-bond donors (Lipinski definition) is 0. The molecule has 0 aliphatic heterocycles. The molecule has 1 rings (SSSR count). The molecule has 0 heterocycles. The molecule has 0 radical (unpaired) electrons. The first-order valence-corrected chi connectivity index (χ1v) is 4.38. The Kier molecular flexibility index (Phi) is 3.53. The maximum Gasteiger partial charge on any atom is 0.343 e. The third-order valence-electron chi connectivity index (χ3n) is 1.83. The lowest BCUT2D eigenvalue weighted by molar-refractivity contribution is 0.0597. The molecular weight excluding hydrogens is 218 g/mol. The first-order chi connectivity index (χ1) is 7.15. The molecule has 0 unspecified atom stereocenters. The van der Waals surface area contributed by atoms with Crippen LogP contribution in [0.4, 0.5) is 0 Å². The van der Waals surface area contributed by atoms with Crippen LogP contribution >= 0.6 is 11.6 Å². The molecule has 1 aromatic carbocycles. The lowest BCUT2D eigenvalue weighted by Gasteiger charge is -2.08. The first-order valence-electron chi connectivity index (χ1n) is 4.00. The number of benzene rings is 1. The van der Waals surface area contributed by atoms with E-state index in [1.165, 1.54) is 26.4 Å². The number of halogens is 1. The van der Waals surface area contributed by atoms with Crippen LogP contribution in [0.3, 0.4) is 0 Å². The van der Waals surface area contributed by atoms with E-state index < -0.39 is 5.97 Å². The highest BCUT2D eigenvalue weighted by Crippen LogP contribution is 2.29. The van der Waals surface area contributed by atoms with E-state index in [9.17, 15) is 4.79 Å². The van der Waals surface area contributed by atoms with Crippen molar-refractivity contribution in [2.45, 2.75) is 0 Å². The van der Waals surface area contributed by atoms with E-state index in [-0.39, 0.29) is 21.9 Å².